The summed E-state index contributed by atoms with van der Waals surface area (Å²) < 4.78 is 12.4. The van der Waals surface area contributed by atoms with Crippen molar-refractivity contribution in [2.24, 2.45) is 13.0 Å². The third-order valence-electron chi connectivity index (χ3n) is 4.16. The molecule has 0 aliphatic carbocycles. The highest BCUT2D eigenvalue weighted by Gasteiger charge is 2.35. The highest BCUT2D eigenvalue weighted by molar-refractivity contribution is 6.03. The first-order valence-electron chi connectivity index (χ1n) is 7.96. The van der Waals surface area contributed by atoms with E-state index in [2.05, 4.69) is 15.4 Å². The van der Waals surface area contributed by atoms with Gasteiger partial charge in [0.05, 0.1) is 17.8 Å². The van der Waals surface area contributed by atoms with E-state index in [0.29, 0.717) is 42.9 Å². The molecule has 2 aliphatic rings. The molecule has 2 aromatic heterocycles. The molecule has 4 heterocycles. The summed E-state index contributed by atoms with van der Waals surface area (Å²) in [6.45, 7) is 1.23. The minimum Gasteiger partial charge on any atom is -0.484 e. The van der Waals surface area contributed by atoms with Gasteiger partial charge in [0.1, 0.15) is 19.0 Å². The van der Waals surface area contributed by atoms with Gasteiger partial charge in [-0.2, -0.15) is 10.1 Å². The van der Waals surface area contributed by atoms with Crippen LogP contribution in [0.3, 0.4) is 0 Å². The largest absolute Gasteiger partial charge is 0.484 e. The first kappa shape index (κ1) is 15.4. The number of aryl methyl sites for hydroxylation is 1. The minimum absolute atomic E-state index is 0.0942. The Balaban J connectivity index is 1.44. The molecule has 1 atom stereocenters. The van der Waals surface area contributed by atoms with Crippen molar-refractivity contribution < 1.29 is 19.1 Å². The van der Waals surface area contributed by atoms with Gasteiger partial charge >= 0.3 is 0 Å². The third kappa shape index (κ3) is 3.00. The van der Waals surface area contributed by atoms with Crippen molar-refractivity contribution in [2.45, 2.75) is 6.42 Å². The molecule has 9 nitrogen and oxygen atoms in total. The molecule has 130 valence electrons. The van der Waals surface area contributed by atoms with Crippen molar-refractivity contribution in [3.63, 3.8) is 0 Å². The molecule has 1 fully saturated rings. The van der Waals surface area contributed by atoms with E-state index in [0.717, 1.165) is 0 Å². The van der Waals surface area contributed by atoms with Crippen LogP contribution in [0.25, 0.3) is 0 Å². The summed E-state index contributed by atoms with van der Waals surface area (Å²) >= 11 is 0. The fourth-order valence-corrected chi connectivity index (χ4v) is 2.91. The predicted octanol–water partition coefficient (Wildman–Crippen LogP) is 0.578. The van der Waals surface area contributed by atoms with Gasteiger partial charge in [0.15, 0.2) is 5.75 Å². The van der Waals surface area contributed by atoms with E-state index in [4.69, 9.17) is 9.47 Å². The molecule has 0 saturated carbocycles. The molecule has 2 aromatic rings. The molecule has 9 heteroatoms. The normalized spacial score (nSPS) is 19.2. The molecular formula is C16H17N5O4. The molecule has 2 amide bonds. The number of hydrogen-bond donors (Lipinski definition) is 1. The Morgan fingerprint density at radius 2 is 2.16 bits per heavy atom. The maximum Gasteiger partial charge on any atom is 0.259 e. The van der Waals surface area contributed by atoms with Crippen molar-refractivity contribution in [1.82, 2.24) is 14.8 Å². The van der Waals surface area contributed by atoms with E-state index in [1.165, 1.54) is 0 Å². The number of hydrogen-bond acceptors (Lipinski definition) is 6. The Kier molecular flexibility index (Phi) is 3.75. The van der Waals surface area contributed by atoms with E-state index in [9.17, 15) is 9.59 Å². The monoisotopic (exact) mass is 343 g/mol. The number of carbonyl (C=O) groups excluding carboxylic acids is 2. The fraction of sp³-hybridized carbons (Fsp3) is 0.375. The number of fused-ring (bicyclic) bond motifs is 1. The van der Waals surface area contributed by atoms with Crippen molar-refractivity contribution in [1.29, 1.82) is 0 Å². The van der Waals surface area contributed by atoms with Crippen LogP contribution in [0, 0.1) is 5.92 Å². The molecule has 1 N–H and O–H groups in total. The van der Waals surface area contributed by atoms with E-state index >= 15 is 0 Å². The summed E-state index contributed by atoms with van der Waals surface area (Å²) in [5, 5.41) is 6.81. The Labute approximate surface area is 143 Å². The van der Waals surface area contributed by atoms with Crippen LogP contribution in [0.2, 0.25) is 0 Å². The zero-order chi connectivity index (χ0) is 17.4. The lowest BCUT2D eigenvalue weighted by atomic mass is 10.1. The molecule has 1 saturated heterocycles. The zero-order valence-electron chi connectivity index (χ0n) is 13.6. The molecule has 0 bridgehead atoms. The number of pyridine rings is 1. The van der Waals surface area contributed by atoms with Crippen molar-refractivity contribution in [3.8, 4) is 11.6 Å². The highest BCUT2D eigenvalue weighted by atomic mass is 16.6. The van der Waals surface area contributed by atoms with Gasteiger partial charge in [-0.15, -0.1) is 0 Å². The number of amides is 2. The summed E-state index contributed by atoms with van der Waals surface area (Å²) in [7, 11) is 1.78. The molecule has 0 aromatic carbocycles. The number of rotatable bonds is 3. The summed E-state index contributed by atoms with van der Waals surface area (Å²) in [5.41, 5.74) is 0.695. The second-order valence-corrected chi connectivity index (χ2v) is 5.96. The molecule has 25 heavy (non-hydrogen) atoms. The number of nitrogens with one attached hydrogen (secondary N) is 1. The van der Waals surface area contributed by atoms with Crippen LogP contribution in [0.4, 0.5) is 11.5 Å². The Bertz CT molecular complexity index is 834. The summed E-state index contributed by atoms with van der Waals surface area (Å²) in [6.07, 6.45) is 3.52. The Hall–Kier alpha value is -3.10. The van der Waals surface area contributed by atoms with Crippen molar-refractivity contribution >= 4 is 23.3 Å². The number of carbonyl (C=O) groups is 2. The lowest BCUT2D eigenvalue weighted by Crippen LogP contribution is -2.28. The van der Waals surface area contributed by atoms with Gasteiger partial charge in [-0.05, 0) is 12.1 Å². The molecule has 2 aliphatic heterocycles. The molecule has 0 spiro atoms. The van der Waals surface area contributed by atoms with Crippen molar-refractivity contribution in [3.05, 3.63) is 24.5 Å². The van der Waals surface area contributed by atoms with Gasteiger partial charge in [-0.1, -0.05) is 0 Å². The van der Waals surface area contributed by atoms with Gasteiger partial charge in [0, 0.05) is 26.2 Å². The van der Waals surface area contributed by atoms with E-state index in [1.807, 2.05) is 0 Å². The number of aromatic nitrogens is 3. The molecule has 1 unspecified atom stereocenters. The summed E-state index contributed by atoms with van der Waals surface area (Å²) in [6, 6.07) is 3.36. The van der Waals surface area contributed by atoms with E-state index in [-0.39, 0.29) is 18.2 Å². The lowest BCUT2D eigenvalue weighted by Gasteiger charge is -2.18. The SMILES string of the molecule is Cn1cc(N2CC(C(=O)Nc3ccc4c(n3)OCCO4)CC2=O)cn1. The molecule has 4 rings (SSSR count). The second kappa shape index (κ2) is 6.08. The van der Waals surface area contributed by atoms with Crippen LogP contribution in [-0.2, 0) is 16.6 Å². The molecule has 0 radical (unpaired) electrons. The fourth-order valence-electron chi connectivity index (χ4n) is 2.91. The van der Waals surface area contributed by atoms with Gasteiger partial charge in [-0.3, -0.25) is 14.3 Å². The van der Waals surface area contributed by atoms with E-state index < -0.39 is 5.92 Å². The third-order valence-corrected chi connectivity index (χ3v) is 4.16. The molecular weight excluding hydrogens is 326 g/mol. The maximum atomic E-state index is 12.5. The van der Waals surface area contributed by atoms with Gasteiger partial charge < -0.3 is 19.7 Å². The summed E-state index contributed by atoms with van der Waals surface area (Å²) in [4.78, 5) is 30.5. The minimum atomic E-state index is -0.442. The maximum absolute atomic E-state index is 12.5. The smallest absolute Gasteiger partial charge is 0.259 e. The topological polar surface area (TPSA) is 98.6 Å². The quantitative estimate of drug-likeness (QED) is 0.875. The zero-order valence-corrected chi connectivity index (χ0v) is 13.6. The van der Waals surface area contributed by atoms with Gasteiger partial charge in [-0.25, -0.2) is 0 Å². The van der Waals surface area contributed by atoms with Crippen LogP contribution in [0.1, 0.15) is 6.42 Å². The number of anilines is 2. The Morgan fingerprint density at radius 3 is 2.96 bits per heavy atom. The predicted molar refractivity (Wildman–Crippen MR) is 87.5 cm³/mol. The van der Waals surface area contributed by atoms with Crippen LogP contribution >= 0.6 is 0 Å². The first-order valence-corrected chi connectivity index (χ1v) is 7.96. The van der Waals surface area contributed by atoms with Crippen LogP contribution in [0.15, 0.2) is 24.5 Å². The van der Waals surface area contributed by atoms with Crippen molar-refractivity contribution in [2.75, 3.05) is 30.0 Å². The number of ether oxygens (including phenoxy) is 2. The van der Waals surface area contributed by atoms with Gasteiger partial charge in [0.25, 0.3) is 5.88 Å². The summed E-state index contributed by atoms with van der Waals surface area (Å²) in [5.74, 6) is 0.517. The average Bonchev–Trinajstić information content (AvgIpc) is 3.20. The van der Waals surface area contributed by atoms with Crippen LogP contribution in [0.5, 0.6) is 11.6 Å². The Morgan fingerprint density at radius 1 is 1.32 bits per heavy atom. The van der Waals surface area contributed by atoms with Gasteiger partial charge in [0.2, 0.25) is 11.8 Å². The lowest BCUT2D eigenvalue weighted by molar-refractivity contribution is -0.122. The number of nitrogens with zero attached hydrogens (tertiary/aromatic N) is 4. The van der Waals surface area contributed by atoms with E-state index in [1.54, 1.807) is 41.2 Å². The van der Waals surface area contributed by atoms with Crippen LogP contribution < -0.4 is 19.7 Å². The standard InChI is InChI=1S/C16H17N5O4/c1-20-9-11(7-17-20)21-8-10(6-14(21)22)15(23)18-13-3-2-12-16(19-13)25-5-4-24-12/h2-3,7,9-10H,4-6,8H2,1H3,(H,18,19,23). The second-order valence-electron chi connectivity index (χ2n) is 5.96. The highest BCUT2D eigenvalue weighted by Crippen LogP contribution is 2.30. The van der Waals surface area contributed by atoms with Crippen LogP contribution in [-0.4, -0.2) is 46.3 Å². The first-order chi connectivity index (χ1) is 12.1. The average molecular weight is 343 g/mol.